The Hall–Kier alpha value is -0.360. The lowest BCUT2D eigenvalue weighted by Gasteiger charge is -2.20. The molecule has 1 rings (SSSR count). The van der Waals surface area contributed by atoms with Crippen molar-refractivity contribution in [1.29, 1.82) is 0 Å². The van der Waals surface area contributed by atoms with Gasteiger partial charge in [-0.1, -0.05) is 113 Å². The third kappa shape index (κ3) is 75.6. The first-order valence-corrected chi connectivity index (χ1v) is 28.4. The van der Waals surface area contributed by atoms with Crippen LogP contribution in [0.15, 0.2) is 30.3 Å². The monoisotopic (exact) mass is 1350 g/mol. The number of carbonyl (C=O) groups excluding carboxylic acids is 4. The number of ether oxygens (including phenoxy) is 4. The molecule has 14 N–H and O–H groups in total. The minimum Gasteiger partial charge on any atom is -0.480 e. The quantitative estimate of drug-likeness (QED) is 0.0314. The first kappa shape index (κ1) is 103. The van der Waals surface area contributed by atoms with Gasteiger partial charge in [-0.05, 0) is 33.3 Å². The van der Waals surface area contributed by atoms with Crippen LogP contribution in [-0.4, -0.2) is 155 Å². The average Bonchev–Trinajstić information content (AvgIpc) is 3.27. The number of aliphatic carboxylic acids is 2. The summed E-state index contributed by atoms with van der Waals surface area (Å²) in [5.74, 6) is -0.475. The van der Waals surface area contributed by atoms with Crippen LogP contribution in [0.2, 0.25) is 0 Å². The highest BCUT2D eigenvalue weighted by Crippen LogP contribution is 2.25. The Kier molecular flexibility index (Phi) is 75.2. The summed E-state index contributed by atoms with van der Waals surface area (Å²) in [4.78, 5) is 64.7. The van der Waals surface area contributed by atoms with Crippen molar-refractivity contribution >= 4 is 183 Å². The van der Waals surface area contributed by atoms with E-state index in [0.29, 0.717) is 42.0 Å². The Bertz CT molecular complexity index is 1640. The van der Waals surface area contributed by atoms with Crippen molar-refractivity contribution in [2.45, 2.75) is 179 Å². The lowest BCUT2D eigenvalue weighted by atomic mass is 10.2. The minimum absolute atomic E-state index is 0. The number of rotatable bonds is 21. The van der Waals surface area contributed by atoms with Crippen LogP contribution in [0.3, 0.4) is 0 Å². The SMILES string of the molecule is CC(C)(C)SC[C@H](N)C(=O)O.CC(C)(C)SC[C@H](N)C(=O)OCc1ccccc1.CC(C)OC(=O)[C@@H](N)CSC(C)(C)C.CCOC(=O)[C@@H](N)CS.CCOC(=O)[C@@H](N)CSC(C)(C)C.Cl.Cl.Cl.Cl.Cl.Cl.N[C@@H](CS)C(=O)O. The number of thioether (sulfide) groups is 4. The molecule has 0 aliphatic rings. The Balaban J connectivity index is -0.0000000772. The lowest BCUT2D eigenvalue weighted by molar-refractivity contribution is -0.148. The zero-order valence-electron chi connectivity index (χ0n) is 48.2. The van der Waals surface area contributed by atoms with Gasteiger partial charge in [0.15, 0.2) is 0 Å². The van der Waals surface area contributed by atoms with Gasteiger partial charge < -0.3 is 63.6 Å². The second-order valence-electron chi connectivity index (χ2n) is 19.5. The maximum atomic E-state index is 11.7. The molecule has 78 heavy (non-hydrogen) atoms. The summed E-state index contributed by atoms with van der Waals surface area (Å²) in [6, 6.07) is 5.90. The van der Waals surface area contributed by atoms with Crippen LogP contribution in [0.25, 0.3) is 0 Å². The molecular formula is C48H100Cl6N6O12S6. The molecule has 472 valence electrons. The molecule has 1 aromatic rings. The minimum atomic E-state index is -1.00. The number of halogens is 6. The topological polar surface area (TPSA) is 336 Å². The zero-order valence-corrected chi connectivity index (χ0v) is 58.2. The van der Waals surface area contributed by atoms with Gasteiger partial charge in [0.2, 0.25) is 0 Å². The molecule has 0 bridgehead atoms. The van der Waals surface area contributed by atoms with Gasteiger partial charge in [-0.15, -0.1) is 74.4 Å². The molecule has 18 nitrogen and oxygen atoms in total. The fourth-order valence-corrected chi connectivity index (χ4v) is 7.02. The lowest BCUT2D eigenvalue weighted by Crippen LogP contribution is -2.37. The molecule has 0 aliphatic carbocycles. The molecule has 0 saturated carbocycles. The molecule has 0 fully saturated rings. The number of carboxylic acids is 2. The molecule has 0 saturated heterocycles. The highest BCUT2D eigenvalue weighted by Gasteiger charge is 2.22. The largest absolute Gasteiger partial charge is 0.480 e. The normalized spacial score (nSPS) is 12.6. The summed E-state index contributed by atoms with van der Waals surface area (Å²) < 4.78 is 20.0. The second kappa shape index (κ2) is 57.1. The molecular weight excluding hydrogens is 1260 g/mol. The third-order valence-corrected chi connectivity index (χ3v) is 13.5. The Labute approximate surface area is 533 Å². The van der Waals surface area contributed by atoms with E-state index in [2.05, 4.69) is 92.3 Å². The number of thiol groups is 2. The number of hydrogen-bond donors (Lipinski definition) is 10. The third-order valence-electron chi connectivity index (χ3n) is 7.17. The molecule has 30 heteroatoms. The number of esters is 4. The van der Waals surface area contributed by atoms with Crippen molar-refractivity contribution in [3.63, 3.8) is 0 Å². The summed E-state index contributed by atoms with van der Waals surface area (Å²) in [6.07, 6.45) is -0.0896. The molecule has 0 aliphatic heterocycles. The van der Waals surface area contributed by atoms with Crippen LogP contribution in [-0.2, 0) is 54.3 Å². The van der Waals surface area contributed by atoms with Crippen LogP contribution in [0, 0.1) is 0 Å². The fourth-order valence-electron chi connectivity index (χ4n) is 3.44. The summed E-state index contributed by atoms with van der Waals surface area (Å²) >= 11 is 14.0. The smallest absolute Gasteiger partial charge is 0.324 e. The number of carbonyl (C=O) groups is 6. The average molecular weight is 1360 g/mol. The van der Waals surface area contributed by atoms with Crippen LogP contribution < -0.4 is 34.4 Å². The molecule has 1 aromatic carbocycles. The summed E-state index contributed by atoms with van der Waals surface area (Å²) in [5.41, 5.74) is 33.6. The summed E-state index contributed by atoms with van der Waals surface area (Å²) in [7, 11) is 0. The number of hydrogen-bond acceptors (Lipinski definition) is 22. The molecule has 0 aromatic heterocycles. The Morgan fingerprint density at radius 1 is 0.462 bits per heavy atom. The van der Waals surface area contributed by atoms with E-state index in [1.54, 1.807) is 60.9 Å². The Morgan fingerprint density at radius 3 is 0.974 bits per heavy atom. The van der Waals surface area contributed by atoms with Gasteiger partial charge in [-0.3, -0.25) is 28.8 Å². The van der Waals surface area contributed by atoms with Gasteiger partial charge in [-0.25, -0.2) is 0 Å². The van der Waals surface area contributed by atoms with E-state index < -0.39 is 48.2 Å². The van der Waals surface area contributed by atoms with Gasteiger partial charge in [0.05, 0.1) is 19.3 Å². The van der Waals surface area contributed by atoms with Gasteiger partial charge in [0, 0.05) is 53.5 Å². The van der Waals surface area contributed by atoms with Crippen LogP contribution >= 0.6 is 147 Å². The first-order valence-electron chi connectivity index (χ1n) is 23.2. The van der Waals surface area contributed by atoms with Gasteiger partial charge in [0.25, 0.3) is 0 Å². The standard InChI is InChI=1S/C14H21NO2S.C10H21NO2S.C9H19NO2S.C7H15NO2S.C5H11NO2S.C3H7NO2S.6ClH/c1-14(2,3)18-10-12(15)13(16)17-9-11-7-5-4-6-8-11;1-7(2)13-9(12)8(11)6-14-10(3,4)5;1-5-12-8(11)7(10)6-13-9(2,3)4;1-7(2,3)11-4-5(8)6(9)10;1-2-8-5(7)4(6)3-9;4-2(1-7)3(5)6;;;;;;/h4-8,12H,9-10,15H2,1-3H3;7-8H,6,11H2,1-5H3;7H,5-6,10H2,1-4H3;5H,4,8H2,1-3H3,(H,9,10);4,9H,2-3,6H2,1H3;2,7H,1,4H2,(H,5,6);6*1H/t12-;8-;7-;5-;4-;2-;;;;;;/m000000....../s1. The predicted octanol–water partition coefficient (Wildman–Crippen LogP) is 8.39. The molecule has 0 spiro atoms. The number of nitrogens with two attached hydrogens (primary N) is 6. The zero-order chi connectivity index (χ0) is 57.6. The molecule has 0 unspecified atom stereocenters. The van der Waals surface area contributed by atoms with Crippen molar-refractivity contribution in [1.82, 2.24) is 0 Å². The van der Waals surface area contributed by atoms with E-state index in [1.165, 1.54) is 0 Å². The van der Waals surface area contributed by atoms with Gasteiger partial charge in [0.1, 0.15) is 42.9 Å². The van der Waals surface area contributed by atoms with Crippen molar-refractivity contribution in [3.05, 3.63) is 35.9 Å². The van der Waals surface area contributed by atoms with Crippen molar-refractivity contribution in [3.8, 4) is 0 Å². The van der Waals surface area contributed by atoms with E-state index >= 15 is 0 Å². The van der Waals surface area contributed by atoms with Crippen LogP contribution in [0.5, 0.6) is 0 Å². The maximum absolute atomic E-state index is 11.7. The molecule has 0 amide bonds. The fraction of sp³-hybridized carbons (Fsp3) is 0.750. The molecule has 6 atom stereocenters. The predicted molar refractivity (Wildman–Crippen MR) is 354 cm³/mol. The maximum Gasteiger partial charge on any atom is 0.324 e. The van der Waals surface area contributed by atoms with E-state index in [4.69, 9.17) is 58.8 Å². The van der Waals surface area contributed by atoms with E-state index in [1.807, 2.05) is 65.0 Å². The van der Waals surface area contributed by atoms with Crippen LogP contribution in [0.1, 0.15) is 116 Å². The molecule has 0 heterocycles. The molecule has 0 radical (unpaired) electrons. The van der Waals surface area contributed by atoms with Crippen LogP contribution in [0.4, 0.5) is 0 Å². The van der Waals surface area contributed by atoms with E-state index in [-0.39, 0.29) is 136 Å². The second-order valence-corrected chi connectivity index (χ2v) is 27.6. The van der Waals surface area contributed by atoms with E-state index in [9.17, 15) is 28.8 Å². The summed E-state index contributed by atoms with van der Waals surface area (Å²) in [5, 5.41) is 16.4. The highest BCUT2D eigenvalue weighted by molar-refractivity contribution is 8.01. The highest BCUT2D eigenvalue weighted by atomic mass is 35.5. The number of benzene rings is 1. The van der Waals surface area contributed by atoms with E-state index in [0.717, 1.165) is 5.56 Å². The first-order chi connectivity index (χ1) is 32.7. The van der Waals surface area contributed by atoms with Gasteiger partial charge in [-0.2, -0.15) is 72.3 Å². The number of carboxylic acid groups (broad SMARTS) is 2. The van der Waals surface area contributed by atoms with Crippen molar-refractivity contribution in [2.75, 3.05) is 47.7 Å². The van der Waals surface area contributed by atoms with Crippen molar-refractivity contribution < 1.29 is 57.9 Å². The van der Waals surface area contributed by atoms with Crippen molar-refractivity contribution in [2.24, 2.45) is 34.4 Å². The van der Waals surface area contributed by atoms with Gasteiger partial charge >= 0.3 is 35.8 Å². The Morgan fingerprint density at radius 2 is 0.731 bits per heavy atom. The summed E-state index contributed by atoms with van der Waals surface area (Å²) in [6.45, 7) is 33.2.